The highest BCUT2D eigenvalue weighted by Crippen LogP contribution is 2.41. The van der Waals surface area contributed by atoms with Crippen molar-refractivity contribution in [3.63, 3.8) is 0 Å². The first-order chi connectivity index (χ1) is 12.6. The minimum absolute atomic E-state index is 0.223. The van der Waals surface area contributed by atoms with Crippen molar-refractivity contribution in [2.24, 2.45) is 0 Å². The van der Waals surface area contributed by atoms with Gasteiger partial charge in [-0.25, -0.2) is 4.79 Å². The van der Waals surface area contributed by atoms with Crippen LogP contribution in [0, 0.1) is 0 Å². The van der Waals surface area contributed by atoms with E-state index in [9.17, 15) is 9.59 Å². The molecule has 1 N–H and O–H groups in total. The van der Waals surface area contributed by atoms with Crippen molar-refractivity contribution < 1.29 is 14.3 Å². The van der Waals surface area contributed by atoms with Crippen LogP contribution in [0.2, 0.25) is 0 Å². The second-order valence-corrected chi connectivity index (χ2v) is 6.89. The Balaban J connectivity index is 1.98. The van der Waals surface area contributed by atoms with Crippen LogP contribution >= 0.6 is 0 Å². The molecule has 1 aliphatic rings. The predicted molar refractivity (Wildman–Crippen MR) is 102 cm³/mol. The minimum Gasteiger partial charge on any atom is -0.464 e. The monoisotopic (exact) mass is 347 g/mol. The van der Waals surface area contributed by atoms with Gasteiger partial charge in [0, 0.05) is 19.8 Å². The number of esters is 1. The summed E-state index contributed by atoms with van der Waals surface area (Å²) in [4.78, 5) is 24.7. The van der Waals surface area contributed by atoms with Gasteiger partial charge in [-0.1, -0.05) is 48.5 Å². The fourth-order valence-corrected chi connectivity index (χ4v) is 4.25. The Morgan fingerprint density at radius 1 is 0.923 bits per heavy atom. The van der Waals surface area contributed by atoms with Crippen molar-refractivity contribution in [2.75, 3.05) is 6.61 Å². The van der Waals surface area contributed by atoms with Gasteiger partial charge in [0.2, 0.25) is 5.91 Å². The van der Waals surface area contributed by atoms with Gasteiger partial charge in [0.05, 0.1) is 6.61 Å². The van der Waals surface area contributed by atoms with Crippen LogP contribution in [0.25, 0.3) is 21.5 Å². The van der Waals surface area contributed by atoms with Crippen molar-refractivity contribution >= 4 is 33.4 Å². The highest BCUT2D eigenvalue weighted by molar-refractivity contribution is 6.12. The van der Waals surface area contributed by atoms with Gasteiger partial charge in [0.15, 0.2) is 0 Å². The molecule has 1 aliphatic carbocycles. The summed E-state index contributed by atoms with van der Waals surface area (Å²) in [5, 5.41) is 7.52. The van der Waals surface area contributed by atoms with Crippen LogP contribution in [0.15, 0.2) is 48.5 Å². The summed E-state index contributed by atoms with van der Waals surface area (Å²) in [6.07, 6.45) is 0.901. The van der Waals surface area contributed by atoms with Gasteiger partial charge in [-0.15, -0.1) is 0 Å². The zero-order chi connectivity index (χ0) is 18.3. The fourth-order valence-electron chi connectivity index (χ4n) is 4.25. The molecule has 0 aromatic heterocycles. The van der Waals surface area contributed by atoms with Crippen molar-refractivity contribution in [2.45, 2.75) is 32.2 Å². The van der Waals surface area contributed by atoms with E-state index in [0.29, 0.717) is 12.8 Å². The van der Waals surface area contributed by atoms with Crippen molar-refractivity contribution in [3.05, 3.63) is 59.7 Å². The Morgan fingerprint density at radius 2 is 1.38 bits per heavy atom. The lowest BCUT2D eigenvalue weighted by Gasteiger charge is -2.27. The average Bonchev–Trinajstić information content (AvgIpc) is 3.02. The fraction of sp³-hybridized carbons (Fsp3) is 0.273. The summed E-state index contributed by atoms with van der Waals surface area (Å²) < 4.78 is 5.33. The number of fused-ring (bicyclic) bond motifs is 6. The van der Waals surface area contributed by atoms with E-state index in [0.717, 1.165) is 21.9 Å². The molecule has 0 spiro atoms. The van der Waals surface area contributed by atoms with Crippen LogP contribution in [0.1, 0.15) is 25.0 Å². The molecule has 0 saturated heterocycles. The molecule has 4 nitrogen and oxygen atoms in total. The van der Waals surface area contributed by atoms with E-state index < -0.39 is 5.54 Å². The number of rotatable bonds is 3. The number of hydrogen-bond acceptors (Lipinski definition) is 3. The molecule has 4 rings (SSSR count). The lowest BCUT2D eigenvalue weighted by molar-refractivity contribution is -0.152. The van der Waals surface area contributed by atoms with Crippen LogP contribution in [0.4, 0.5) is 0 Å². The average molecular weight is 347 g/mol. The number of nitrogens with one attached hydrogen (secondary N) is 1. The molecular formula is C22H21NO3. The molecule has 4 heteroatoms. The molecule has 1 amide bonds. The number of amides is 1. The quantitative estimate of drug-likeness (QED) is 0.582. The van der Waals surface area contributed by atoms with Crippen LogP contribution in [-0.4, -0.2) is 24.0 Å². The lowest BCUT2D eigenvalue weighted by atomic mass is 9.93. The van der Waals surface area contributed by atoms with E-state index >= 15 is 0 Å². The second-order valence-electron chi connectivity index (χ2n) is 6.89. The van der Waals surface area contributed by atoms with Crippen LogP contribution in [-0.2, 0) is 27.2 Å². The number of carbonyl (C=O) groups excluding carboxylic acids is 2. The normalized spacial score (nSPS) is 15.0. The lowest BCUT2D eigenvalue weighted by Crippen LogP contribution is -2.55. The van der Waals surface area contributed by atoms with Gasteiger partial charge in [-0.05, 0) is 39.6 Å². The van der Waals surface area contributed by atoms with Gasteiger partial charge in [-0.3, -0.25) is 4.79 Å². The first-order valence-electron chi connectivity index (χ1n) is 8.93. The Kier molecular flexibility index (Phi) is 3.91. The predicted octanol–water partition coefficient (Wildman–Crippen LogP) is 3.53. The van der Waals surface area contributed by atoms with Crippen LogP contribution < -0.4 is 5.32 Å². The number of benzene rings is 3. The van der Waals surface area contributed by atoms with Crippen molar-refractivity contribution in [3.8, 4) is 0 Å². The third-order valence-electron chi connectivity index (χ3n) is 5.20. The molecule has 0 aliphatic heterocycles. The first kappa shape index (κ1) is 16.6. The summed E-state index contributed by atoms with van der Waals surface area (Å²) in [6, 6.07) is 16.5. The van der Waals surface area contributed by atoms with Gasteiger partial charge in [0.1, 0.15) is 5.54 Å². The maximum absolute atomic E-state index is 12.8. The maximum Gasteiger partial charge on any atom is 0.332 e. The molecule has 0 radical (unpaired) electrons. The molecule has 132 valence electrons. The molecular weight excluding hydrogens is 326 g/mol. The molecule has 3 aromatic carbocycles. The summed E-state index contributed by atoms with van der Waals surface area (Å²) in [6.45, 7) is 3.52. The topological polar surface area (TPSA) is 55.4 Å². The highest BCUT2D eigenvalue weighted by atomic mass is 16.5. The third-order valence-corrected chi connectivity index (χ3v) is 5.20. The molecule has 0 unspecified atom stereocenters. The zero-order valence-electron chi connectivity index (χ0n) is 15.0. The van der Waals surface area contributed by atoms with E-state index in [-0.39, 0.29) is 18.5 Å². The van der Waals surface area contributed by atoms with Crippen molar-refractivity contribution in [1.29, 1.82) is 0 Å². The SMILES string of the molecule is CCOC(=O)C1(NC(C)=O)Cc2c(c3ccccc3c3ccccc23)C1. The van der Waals surface area contributed by atoms with Crippen molar-refractivity contribution in [1.82, 2.24) is 5.32 Å². The second kappa shape index (κ2) is 6.13. The molecule has 3 aromatic rings. The molecule has 0 saturated carbocycles. The molecule has 26 heavy (non-hydrogen) atoms. The summed E-state index contributed by atoms with van der Waals surface area (Å²) in [5.74, 6) is -0.584. The van der Waals surface area contributed by atoms with E-state index in [1.807, 2.05) is 24.3 Å². The Labute approximate surface area is 152 Å². The van der Waals surface area contributed by atoms with Crippen LogP contribution in [0.5, 0.6) is 0 Å². The highest BCUT2D eigenvalue weighted by Gasteiger charge is 2.47. The molecule has 0 heterocycles. The maximum atomic E-state index is 12.8. The largest absolute Gasteiger partial charge is 0.464 e. The van der Waals surface area contributed by atoms with E-state index in [1.54, 1.807) is 6.92 Å². The smallest absolute Gasteiger partial charge is 0.332 e. The summed E-state index contributed by atoms with van der Waals surface area (Å²) in [5.41, 5.74) is 1.22. The number of carbonyl (C=O) groups is 2. The third kappa shape index (κ3) is 2.45. The summed E-state index contributed by atoms with van der Waals surface area (Å²) in [7, 11) is 0. The molecule has 0 atom stereocenters. The van der Waals surface area contributed by atoms with E-state index in [2.05, 4.69) is 29.6 Å². The standard InChI is InChI=1S/C22H21NO3/c1-3-26-21(25)22(23-14(2)24)12-19-17-10-6-4-8-15(17)16-9-5-7-11-18(16)20(19)13-22/h4-11H,3,12-13H2,1-2H3,(H,23,24). The Bertz CT molecular complexity index is 973. The van der Waals surface area contributed by atoms with Gasteiger partial charge in [-0.2, -0.15) is 0 Å². The van der Waals surface area contributed by atoms with Crippen LogP contribution in [0.3, 0.4) is 0 Å². The molecule has 0 bridgehead atoms. The first-order valence-corrected chi connectivity index (χ1v) is 8.93. The van der Waals surface area contributed by atoms with Gasteiger partial charge >= 0.3 is 5.97 Å². The number of hydrogen-bond donors (Lipinski definition) is 1. The number of ether oxygens (including phenoxy) is 1. The van der Waals surface area contributed by atoms with E-state index in [4.69, 9.17) is 4.74 Å². The molecule has 0 fully saturated rings. The van der Waals surface area contributed by atoms with E-state index in [1.165, 1.54) is 17.7 Å². The Morgan fingerprint density at radius 3 is 1.81 bits per heavy atom. The Hall–Kier alpha value is -2.88. The zero-order valence-corrected chi connectivity index (χ0v) is 15.0. The summed E-state index contributed by atoms with van der Waals surface area (Å²) >= 11 is 0. The van der Waals surface area contributed by atoms with Gasteiger partial charge in [0.25, 0.3) is 0 Å². The minimum atomic E-state index is -1.03. The van der Waals surface area contributed by atoms with Gasteiger partial charge < -0.3 is 10.1 Å².